The summed E-state index contributed by atoms with van der Waals surface area (Å²) in [6, 6.07) is 3.12. The Balaban J connectivity index is 2.48. The summed E-state index contributed by atoms with van der Waals surface area (Å²) in [5.74, 6) is 0.671. The number of hydrogen-bond acceptors (Lipinski definition) is 4. The number of hydrogen-bond donors (Lipinski definition) is 2. The minimum Gasteiger partial charge on any atom is -0.481 e. The fourth-order valence-electron chi connectivity index (χ4n) is 1.40. The summed E-state index contributed by atoms with van der Waals surface area (Å²) < 4.78 is 5.22. The van der Waals surface area contributed by atoms with Crippen LogP contribution >= 0.6 is 0 Å². The Labute approximate surface area is 80.2 Å². The van der Waals surface area contributed by atoms with Gasteiger partial charge in [-0.25, -0.2) is 5.26 Å². The highest BCUT2D eigenvalue weighted by Gasteiger charge is 2.18. The van der Waals surface area contributed by atoms with Crippen molar-refractivity contribution in [1.82, 2.24) is 0 Å². The van der Waals surface area contributed by atoms with Crippen molar-refractivity contribution in [3.8, 4) is 11.5 Å². The monoisotopic (exact) mass is 195 g/mol. The van der Waals surface area contributed by atoms with Gasteiger partial charge in [-0.3, -0.25) is 4.79 Å². The Morgan fingerprint density at radius 3 is 3.07 bits per heavy atom. The smallest absolute Gasteiger partial charge is 0.262 e. The van der Waals surface area contributed by atoms with Crippen molar-refractivity contribution in [2.75, 3.05) is 11.9 Å². The van der Waals surface area contributed by atoms with Crippen LogP contribution in [0.3, 0.4) is 0 Å². The van der Waals surface area contributed by atoms with Crippen LogP contribution in [0.1, 0.15) is 5.56 Å². The average molecular weight is 195 g/mol. The highest BCUT2D eigenvalue weighted by Crippen LogP contribution is 2.35. The van der Waals surface area contributed by atoms with Gasteiger partial charge in [0.05, 0.1) is 5.69 Å². The van der Waals surface area contributed by atoms with Gasteiger partial charge >= 0.3 is 0 Å². The fourth-order valence-corrected chi connectivity index (χ4v) is 1.40. The average Bonchev–Trinajstić information content (AvgIpc) is 2.16. The molecule has 1 aromatic carbocycles. The predicted molar refractivity (Wildman–Crippen MR) is 48.6 cm³/mol. The third-order valence-electron chi connectivity index (χ3n) is 1.98. The van der Waals surface area contributed by atoms with E-state index in [0.29, 0.717) is 11.4 Å². The summed E-state index contributed by atoms with van der Waals surface area (Å²) in [6.45, 7) is 1.83. The summed E-state index contributed by atoms with van der Waals surface area (Å²) in [4.78, 5) is 15.1. The van der Waals surface area contributed by atoms with Crippen LogP contribution in [0.15, 0.2) is 12.1 Å². The second-order valence-corrected chi connectivity index (χ2v) is 3.04. The lowest BCUT2D eigenvalue weighted by molar-refractivity contribution is -0.137. The lowest BCUT2D eigenvalue weighted by atomic mass is 10.1. The zero-order valence-electron chi connectivity index (χ0n) is 7.53. The Bertz CT molecular complexity index is 389. The lowest BCUT2D eigenvalue weighted by Gasteiger charge is -2.19. The van der Waals surface area contributed by atoms with Crippen molar-refractivity contribution < 1.29 is 19.7 Å². The van der Waals surface area contributed by atoms with Crippen molar-refractivity contribution >= 4 is 11.6 Å². The molecule has 2 rings (SSSR count). The number of nitrogens with one attached hydrogen (secondary N) is 1. The third-order valence-corrected chi connectivity index (χ3v) is 1.98. The zero-order chi connectivity index (χ0) is 10.1. The Morgan fingerprint density at radius 2 is 2.36 bits per heavy atom. The van der Waals surface area contributed by atoms with Gasteiger partial charge in [0, 0.05) is 6.07 Å². The Morgan fingerprint density at radius 1 is 1.57 bits per heavy atom. The third kappa shape index (κ3) is 1.38. The van der Waals surface area contributed by atoms with E-state index in [4.69, 9.17) is 9.99 Å². The number of ether oxygens (including phenoxy) is 1. The van der Waals surface area contributed by atoms with E-state index in [2.05, 4.69) is 10.2 Å². The standard InChI is InChI=1S/C9H9NO4/c1-5-2-6(14-12)3-7-9(5)13-4-8(11)10-7/h2-3,12H,4H2,1H3,(H,10,11). The first-order valence-electron chi connectivity index (χ1n) is 4.09. The van der Waals surface area contributed by atoms with Gasteiger partial charge in [0.15, 0.2) is 12.4 Å². The number of carbonyl (C=O) groups excluding carboxylic acids is 1. The highest BCUT2D eigenvalue weighted by molar-refractivity contribution is 5.96. The van der Waals surface area contributed by atoms with E-state index < -0.39 is 0 Å². The van der Waals surface area contributed by atoms with Crippen molar-refractivity contribution in [2.45, 2.75) is 6.92 Å². The van der Waals surface area contributed by atoms with Crippen molar-refractivity contribution in [2.24, 2.45) is 0 Å². The molecule has 0 saturated heterocycles. The maximum Gasteiger partial charge on any atom is 0.262 e. The van der Waals surface area contributed by atoms with Gasteiger partial charge in [-0.1, -0.05) is 0 Å². The molecule has 0 spiro atoms. The van der Waals surface area contributed by atoms with Gasteiger partial charge in [0.1, 0.15) is 5.75 Å². The lowest BCUT2D eigenvalue weighted by Crippen LogP contribution is -2.25. The molecule has 1 aliphatic heterocycles. The quantitative estimate of drug-likeness (QED) is 0.521. The zero-order valence-corrected chi connectivity index (χ0v) is 7.53. The number of aryl methyl sites for hydroxylation is 1. The minimum atomic E-state index is -0.216. The van der Waals surface area contributed by atoms with Gasteiger partial charge in [0.2, 0.25) is 0 Å². The van der Waals surface area contributed by atoms with Crippen LogP contribution in [-0.4, -0.2) is 17.8 Å². The van der Waals surface area contributed by atoms with Crippen LogP contribution in [0.25, 0.3) is 0 Å². The molecule has 2 N–H and O–H groups in total. The van der Waals surface area contributed by atoms with Crippen LogP contribution in [0, 0.1) is 6.92 Å². The van der Waals surface area contributed by atoms with E-state index in [1.54, 1.807) is 13.0 Å². The first kappa shape index (κ1) is 8.83. The number of amides is 1. The molecular weight excluding hydrogens is 186 g/mol. The minimum absolute atomic E-state index is 0.0210. The second-order valence-electron chi connectivity index (χ2n) is 3.04. The first-order chi connectivity index (χ1) is 6.70. The number of anilines is 1. The number of fused-ring (bicyclic) bond motifs is 1. The number of carbonyl (C=O) groups is 1. The Kier molecular flexibility index (Phi) is 2.01. The molecule has 0 bridgehead atoms. The molecule has 0 fully saturated rings. The SMILES string of the molecule is Cc1cc(OO)cc2c1OCC(=O)N2. The molecule has 5 heteroatoms. The summed E-state index contributed by atoms with van der Waals surface area (Å²) in [5.41, 5.74) is 1.32. The normalized spacial score (nSPS) is 14.0. The molecule has 1 amide bonds. The van der Waals surface area contributed by atoms with Crippen LogP contribution in [0.5, 0.6) is 11.5 Å². The van der Waals surface area contributed by atoms with Crippen LogP contribution < -0.4 is 14.9 Å². The molecule has 0 saturated carbocycles. The molecule has 0 radical (unpaired) electrons. The van der Waals surface area contributed by atoms with Gasteiger partial charge in [-0.05, 0) is 18.6 Å². The largest absolute Gasteiger partial charge is 0.481 e. The van der Waals surface area contributed by atoms with Crippen molar-refractivity contribution in [1.29, 1.82) is 0 Å². The fraction of sp³-hybridized carbons (Fsp3) is 0.222. The summed E-state index contributed by atoms with van der Waals surface area (Å²) in [5, 5.41) is 11.1. The summed E-state index contributed by atoms with van der Waals surface area (Å²) in [7, 11) is 0. The van der Waals surface area contributed by atoms with Gasteiger partial charge in [-0.15, -0.1) is 0 Å². The van der Waals surface area contributed by atoms with E-state index in [1.165, 1.54) is 6.07 Å². The summed E-state index contributed by atoms with van der Waals surface area (Å²) in [6.07, 6.45) is 0. The first-order valence-corrected chi connectivity index (χ1v) is 4.09. The Hall–Kier alpha value is -1.75. The maximum absolute atomic E-state index is 11.0. The topological polar surface area (TPSA) is 67.8 Å². The molecule has 0 atom stereocenters. The number of rotatable bonds is 1. The van der Waals surface area contributed by atoms with E-state index in [1.807, 2.05) is 0 Å². The molecule has 5 nitrogen and oxygen atoms in total. The molecule has 1 heterocycles. The van der Waals surface area contributed by atoms with E-state index in [-0.39, 0.29) is 18.3 Å². The highest BCUT2D eigenvalue weighted by atomic mass is 17.1. The molecule has 0 aromatic heterocycles. The molecule has 14 heavy (non-hydrogen) atoms. The van der Waals surface area contributed by atoms with Gasteiger partial charge in [0.25, 0.3) is 5.91 Å². The molecule has 0 unspecified atom stereocenters. The number of benzene rings is 1. The van der Waals surface area contributed by atoms with Crippen molar-refractivity contribution in [3.63, 3.8) is 0 Å². The van der Waals surface area contributed by atoms with Crippen molar-refractivity contribution in [3.05, 3.63) is 17.7 Å². The molecule has 1 aromatic rings. The van der Waals surface area contributed by atoms with Crippen LogP contribution in [-0.2, 0) is 4.79 Å². The van der Waals surface area contributed by atoms with Crippen LogP contribution in [0.4, 0.5) is 5.69 Å². The molecule has 74 valence electrons. The predicted octanol–water partition coefficient (Wildman–Crippen LogP) is 1.18. The van der Waals surface area contributed by atoms with E-state index in [0.717, 1.165) is 5.56 Å². The van der Waals surface area contributed by atoms with E-state index >= 15 is 0 Å². The molecule has 0 aliphatic carbocycles. The van der Waals surface area contributed by atoms with E-state index in [9.17, 15) is 4.79 Å². The molecule has 1 aliphatic rings. The van der Waals surface area contributed by atoms with Gasteiger partial charge < -0.3 is 14.9 Å². The second kappa shape index (κ2) is 3.19. The van der Waals surface area contributed by atoms with Crippen LogP contribution in [0.2, 0.25) is 0 Å². The maximum atomic E-state index is 11.0. The van der Waals surface area contributed by atoms with Gasteiger partial charge in [-0.2, -0.15) is 0 Å². The summed E-state index contributed by atoms with van der Waals surface area (Å²) >= 11 is 0. The molecular formula is C9H9NO4.